The van der Waals surface area contributed by atoms with Gasteiger partial charge < -0.3 is 30.0 Å². The van der Waals surface area contributed by atoms with Crippen LogP contribution < -0.4 is 10.6 Å². The molecule has 0 saturated carbocycles. The Bertz CT molecular complexity index is 616. The lowest BCUT2D eigenvalue weighted by atomic mass is 10.1. The lowest BCUT2D eigenvalue weighted by molar-refractivity contribution is -0.130. The van der Waals surface area contributed by atoms with Gasteiger partial charge in [-0.25, -0.2) is 4.79 Å². The van der Waals surface area contributed by atoms with Crippen LogP contribution in [0.1, 0.15) is 32.8 Å². The van der Waals surface area contributed by atoms with Crippen molar-refractivity contribution in [2.24, 2.45) is 0 Å². The summed E-state index contributed by atoms with van der Waals surface area (Å²) >= 11 is 0. The summed E-state index contributed by atoms with van der Waals surface area (Å²) in [7, 11) is 0. The van der Waals surface area contributed by atoms with Crippen LogP contribution >= 0.6 is 0 Å². The van der Waals surface area contributed by atoms with E-state index in [-0.39, 0.29) is 13.2 Å². The standard InChI is InChI=1S/C19H28N2O6/c1-19(2,3)27-12-15(16(22)20-14-9-10-25-17(14)23)21-18(24)26-11-13-7-5-4-6-8-13/h4-8,14-15,17,23H,9-12H2,1-3H3,(H,20,22)(H,21,24)/t14-,15-,17?/m0/s1. The predicted molar refractivity (Wildman–Crippen MR) is 97.8 cm³/mol. The van der Waals surface area contributed by atoms with E-state index in [1.165, 1.54) is 0 Å². The predicted octanol–water partition coefficient (Wildman–Crippen LogP) is 1.32. The highest BCUT2D eigenvalue weighted by Crippen LogP contribution is 2.12. The van der Waals surface area contributed by atoms with Crippen LogP contribution in [0.15, 0.2) is 30.3 Å². The number of benzene rings is 1. The number of alkyl carbamates (subject to hydrolysis) is 1. The van der Waals surface area contributed by atoms with Crippen LogP contribution in [-0.2, 0) is 25.6 Å². The highest BCUT2D eigenvalue weighted by Gasteiger charge is 2.31. The van der Waals surface area contributed by atoms with Gasteiger partial charge in [-0.3, -0.25) is 4.79 Å². The molecule has 3 atom stereocenters. The average Bonchev–Trinajstić information content (AvgIpc) is 3.01. The number of ether oxygens (including phenoxy) is 3. The topological polar surface area (TPSA) is 106 Å². The molecule has 0 spiro atoms. The third-order valence-electron chi connectivity index (χ3n) is 3.89. The first-order valence-electron chi connectivity index (χ1n) is 8.96. The zero-order valence-corrected chi connectivity index (χ0v) is 15.9. The summed E-state index contributed by atoms with van der Waals surface area (Å²) < 4.78 is 15.8. The van der Waals surface area contributed by atoms with Crippen LogP contribution in [0.2, 0.25) is 0 Å². The molecule has 3 N–H and O–H groups in total. The zero-order valence-electron chi connectivity index (χ0n) is 15.9. The normalized spacial score (nSPS) is 20.7. The second kappa shape index (κ2) is 9.68. The number of aliphatic hydroxyl groups excluding tert-OH is 1. The molecule has 2 amide bonds. The van der Waals surface area contributed by atoms with Crippen molar-refractivity contribution >= 4 is 12.0 Å². The number of aliphatic hydroxyl groups is 1. The van der Waals surface area contributed by atoms with Crippen LogP contribution in [0.25, 0.3) is 0 Å². The summed E-state index contributed by atoms with van der Waals surface area (Å²) in [5.74, 6) is -0.467. The molecule has 8 nitrogen and oxygen atoms in total. The van der Waals surface area contributed by atoms with Crippen molar-refractivity contribution in [3.63, 3.8) is 0 Å². The van der Waals surface area contributed by atoms with Crippen molar-refractivity contribution in [1.82, 2.24) is 10.6 Å². The Morgan fingerprint density at radius 1 is 1.30 bits per heavy atom. The zero-order chi connectivity index (χ0) is 19.9. The molecule has 1 saturated heterocycles. The van der Waals surface area contributed by atoms with Crippen molar-refractivity contribution in [1.29, 1.82) is 0 Å². The van der Waals surface area contributed by atoms with Gasteiger partial charge in [-0.15, -0.1) is 0 Å². The van der Waals surface area contributed by atoms with Gasteiger partial charge in [0.2, 0.25) is 5.91 Å². The van der Waals surface area contributed by atoms with Gasteiger partial charge >= 0.3 is 6.09 Å². The molecule has 8 heteroatoms. The molecular formula is C19H28N2O6. The van der Waals surface area contributed by atoms with Gasteiger partial charge in [0, 0.05) is 0 Å². The molecule has 1 aromatic rings. The Hall–Kier alpha value is -2.16. The minimum absolute atomic E-state index is 0.0283. The van der Waals surface area contributed by atoms with Gasteiger partial charge in [-0.05, 0) is 32.8 Å². The van der Waals surface area contributed by atoms with Crippen LogP contribution in [0, 0.1) is 0 Å². The smallest absolute Gasteiger partial charge is 0.408 e. The number of amides is 2. The van der Waals surface area contributed by atoms with E-state index in [9.17, 15) is 14.7 Å². The average molecular weight is 380 g/mol. The van der Waals surface area contributed by atoms with Crippen molar-refractivity contribution in [2.75, 3.05) is 13.2 Å². The Labute approximate surface area is 159 Å². The van der Waals surface area contributed by atoms with E-state index in [0.717, 1.165) is 5.56 Å². The quantitative estimate of drug-likeness (QED) is 0.659. The fraction of sp³-hybridized carbons (Fsp3) is 0.579. The maximum Gasteiger partial charge on any atom is 0.408 e. The number of hydrogen-bond acceptors (Lipinski definition) is 6. The molecule has 27 heavy (non-hydrogen) atoms. The first-order chi connectivity index (χ1) is 12.7. The molecule has 150 valence electrons. The van der Waals surface area contributed by atoms with E-state index in [4.69, 9.17) is 14.2 Å². The van der Waals surface area contributed by atoms with Gasteiger partial charge in [-0.1, -0.05) is 30.3 Å². The van der Waals surface area contributed by atoms with E-state index < -0.39 is 36.0 Å². The first-order valence-corrected chi connectivity index (χ1v) is 8.96. The van der Waals surface area contributed by atoms with Crippen molar-refractivity contribution in [3.8, 4) is 0 Å². The molecule has 1 unspecified atom stereocenters. The monoisotopic (exact) mass is 380 g/mol. The molecule has 1 heterocycles. The summed E-state index contributed by atoms with van der Waals surface area (Å²) in [6, 6.07) is 7.76. The van der Waals surface area contributed by atoms with Gasteiger partial charge in [0.15, 0.2) is 6.29 Å². The largest absolute Gasteiger partial charge is 0.445 e. The van der Waals surface area contributed by atoms with E-state index in [1.807, 2.05) is 51.1 Å². The molecule has 1 aliphatic heterocycles. The van der Waals surface area contributed by atoms with E-state index in [1.54, 1.807) is 0 Å². The Balaban J connectivity index is 1.91. The van der Waals surface area contributed by atoms with Crippen LogP contribution in [0.5, 0.6) is 0 Å². The SMILES string of the molecule is CC(C)(C)OC[C@H](NC(=O)OCc1ccccc1)C(=O)N[C@H]1CCOC1O. The number of carbonyl (C=O) groups excluding carboxylic acids is 2. The van der Waals surface area contributed by atoms with Crippen molar-refractivity contribution < 1.29 is 28.9 Å². The number of hydrogen-bond donors (Lipinski definition) is 3. The number of rotatable bonds is 7. The molecule has 0 radical (unpaired) electrons. The van der Waals surface area contributed by atoms with Crippen LogP contribution in [0.3, 0.4) is 0 Å². The summed E-state index contributed by atoms with van der Waals surface area (Å²) in [6.45, 7) is 5.98. The van der Waals surface area contributed by atoms with Gasteiger partial charge in [0.25, 0.3) is 0 Å². The van der Waals surface area contributed by atoms with Crippen LogP contribution in [-0.4, -0.2) is 54.3 Å². The number of nitrogens with one attached hydrogen (secondary N) is 2. The highest BCUT2D eigenvalue weighted by atomic mass is 16.6. The summed E-state index contributed by atoms with van der Waals surface area (Å²) in [6.07, 6.45) is -1.28. The molecule has 0 aromatic heterocycles. The number of carbonyl (C=O) groups is 2. The van der Waals surface area contributed by atoms with Crippen LogP contribution in [0.4, 0.5) is 4.79 Å². The van der Waals surface area contributed by atoms with E-state index >= 15 is 0 Å². The van der Waals surface area contributed by atoms with E-state index in [0.29, 0.717) is 13.0 Å². The lowest BCUT2D eigenvalue weighted by Crippen LogP contribution is -2.54. The summed E-state index contributed by atoms with van der Waals surface area (Å²) in [5, 5.41) is 14.9. The lowest BCUT2D eigenvalue weighted by Gasteiger charge is -2.26. The molecule has 2 rings (SSSR count). The Morgan fingerprint density at radius 2 is 2.00 bits per heavy atom. The molecule has 0 aliphatic carbocycles. The van der Waals surface area contributed by atoms with Gasteiger partial charge in [0.05, 0.1) is 24.9 Å². The Morgan fingerprint density at radius 3 is 2.59 bits per heavy atom. The Kier molecular flexibility index (Phi) is 7.58. The summed E-state index contributed by atoms with van der Waals surface area (Å²) in [5.41, 5.74) is 0.357. The maximum absolute atomic E-state index is 12.5. The van der Waals surface area contributed by atoms with E-state index in [2.05, 4.69) is 10.6 Å². The molecule has 1 aromatic carbocycles. The van der Waals surface area contributed by atoms with Crippen molar-refractivity contribution in [2.45, 2.75) is 57.8 Å². The highest BCUT2D eigenvalue weighted by molar-refractivity contribution is 5.86. The second-order valence-electron chi connectivity index (χ2n) is 7.35. The molecule has 1 aliphatic rings. The van der Waals surface area contributed by atoms with Crippen molar-refractivity contribution in [3.05, 3.63) is 35.9 Å². The maximum atomic E-state index is 12.5. The second-order valence-corrected chi connectivity index (χ2v) is 7.35. The third-order valence-corrected chi connectivity index (χ3v) is 3.89. The molecular weight excluding hydrogens is 352 g/mol. The minimum atomic E-state index is -1.05. The minimum Gasteiger partial charge on any atom is -0.445 e. The summed E-state index contributed by atoms with van der Waals surface area (Å²) in [4.78, 5) is 24.7. The fourth-order valence-corrected chi connectivity index (χ4v) is 2.42. The fourth-order valence-electron chi connectivity index (χ4n) is 2.42. The van der Waals surface area contributed by atoms with Gasteiger partial charge in [-0.2, -0.15) is 0 Å². The molecule has 1 fully saturated rings. The third kappa shape index (κ3) is 7.54. The van der Waals surface area contributed by atoms with Gasteiger partial charge in [0.1, 0.15) is 12.6 Å². The molecule has 0 bridgehead atoms. The first kappa shape index (κ1) is 21.1.